The quantitative estimate of drug-likeness (QED) is 0.335. The number of nitrogens with one attached hydrogen (secondary N) is 3. The first-order chi connectivity index (χ1) is 13.4. The normalized spacial score (nSPS) is 17.6. The zero-order valence-electron chi connectivity index (χ0n) is 16.9. The number of amides is 1. The maximum Gasteiger partial charge on any atom is 0.240 e. The predicted octanol–water partition coefficient (Wildman–Crippen LogP) is 0.839. The summed E-state index contributed by atoms with van der Waals surface area (Å²) in [6.45, 7) is 8.38. The number of hydrogen-bond donors (Lipinski definition) is 3. The van der Waals surface area contributed by atoms with Crippen LogP contribution in [0.1, 0.15) is 32.3 Å². The number of aliphatic imine (C=N–C) groups is 1. The van der Waals surface area contributed by atoms with Crippen LogP contribution in [0.2, 0.25) is 0 Å². The van der Waals surface area contributed by atoms with E-state index in [0.29, 0.717) is 32.0 Å². The van der Waals surface area contributed by atoms with Gasteiger partial charge < -0.3 is 15.5 Å². The van der Waals surface area contributed by atoms with Crippen LogP contribution >= 0.6 is 0 Å². The summed E-state index contributed by atoms with van der Waals surface area (Å²) < 4.78 is 27.2. The van der Waals surface area contributed by atoms with E-state index in [9.17, 15) is 13.2 Å². The first kappa shape index (κ1) is 22.2. The minimum absolute atomic E-state index is 0.151. The average Bonchev–Trinajstić information content (AvgIpc) is 3.13. The number of rotatable bonds is 8. The third-order valence-corrected chi connectivity index (χ3v) is 6.01. The van der Waals surface area contributed by atoms with Gasteiger partial charge in [0.25, 0.3) is 0 Å². The molecule has 1 atom stereocenters. The lowest BCUT2D eigenvalue weighted by Crippen LogP contribution is -2.45. The molecule has 1 amide bonds. The number of guanidine groups is 1. The molecule has 3 N–H and O–H groups in total. The Kier molecular flexibility index (Phi) is 8.25. The van der Waals surface area contributed by atoms with Gasteiger partial charge in [0.15, 0.2) is 5.96 Å². The van der Waals surface area contributed by atoms with Gasteiger partial charge >= 0.3 is 0 Å². The minimum atomic E-state index is -3.53. The Balaban J connectivity index is 1.85. The Hall–Kier alpha value is -2.13. The van der Waals surface area contributed by atoms with Crippen molar-refractivity contribution < 1.29 is 13.2 Å². The SMILES string of the molecule is CCNC(=NCCNS(=O)(=O)c1ccc(C)cc1)NC1CCN(C(=O)CC)C1. The molecule has 156 valence electrons. The van der Waals surface area contributed by atoms with Gasteiger partial charge in [-0.1, -0.05) is 24.6 Å². The third kappa shape index (κ3) is 6.49. The number of sulfonamides is 1. The van der Waals surface area contributed by atoms with Gasteiger partial charge in [-0.05, 0) is 32.4 Å². The van der Waals surface area contributed by atoms with Crippen LogP contribution in [0, 0.1) is 6.92 Å². The molecule has 0 spiro atoms. The first-order valence-corrected chi connectivity index (χ1v) is 11.2. The largest absolute Gasteiger partial charge is 0.357 e. The number of benzene rings is 1. The van der Waals surface area contributed by atoms with E-state index in [4.69, 9.17) is 0 Å². The molecular formula is C19H31N5O3S. The number of hydrogen-bond acceptors (Lipinski definition) is 4. The summed E-state index contributed by atoms with van der Waals surface area (Å²) in [7, 11) is -3.53. The van der Waals surface area contributed by atoms with E-state index in [1.165, 1.54) is 0 Å². The van der Waals surface area contributed by atoms with Crippen LogP contribution in [-0.4, -0.2) is 64.0 Å². The first-order valence-electron chi connectivity index (χ1n) is 9.74. The molecule has 1 unspecified atom stereocenters. The number of aryl methyl sites for hydroxylation is 1. The Morgan fingerprint density at radius 1 is 1.25 bits per heavy atom. The minimum Gasteiger partial charge on any atom is -0.357 e. The maximum atomic E-state index is 12.3. The Morgan fingerprint density at radius 2 is 1.96 bits per heavy atom. The van der Waals surface area contributed by atoms with Crippen molar-refractivity contribution in [2.75, 3.05) is 32.7 Å². The molecule has 8 nitrogen and oxygen atoms in total. The summed E-state index contributed by atoms with van der Waals surface area (Å²) in [4.78, 5) is 18.3. The summed E-state index contributed by atoms with van der Waals surface area (Å²) in [6.07, 6.45) is 1.39. The fourth-order valence-electron chi connectivity index (χ4n) is 2.99. The highest BCUT2D eigenvalue weighted by Crippen LogP contribution is 2.11. The van der Waals surface area contributed by atoms with Gasteiger partial charge in [-0.3, -0.25) is 9.79 Å². The zero-order chi connectivity index (χ0) is 20.6. The van der Waals surface area contributed by atoms with Gasteiger partial charge in [0, 0.05) is 38.6 Å². The molecule has 9 heteroatoms. The molecule has 1 heterocycles. The van der Waals surface area contributed by atoms with E-state index < -0.39 is 10.0 Å². The van der Waals surface area contributed by atoms with Crippen molar-refractivity contribution in [1.29, 1.82) is 0 Å². The van der Waals surface area contributed by atoms with Gasteiger partial charge in [-0.15, -0.1) is 0 Å². The smallest absolute Gasteiger partial charge is 0.240 e. The summed E-state index contributed by atoms with van der Waals surface area (Å²) in [5.74, 6) is 0.796. The molecule has 0 bridgehead atoms. The van der Waals surface area contributed by atoms with Crippen molar-refractivity contribution in [2.24, 2.45) is 4.99 Å². The molecular weight excluding hydrogens is 378 g/mol. The fourth-order valence-corrected chi connectivity index (χ4v) is 4.01. The second-order valence-corrected chi connectivity index (χ2v) is 8.56. The Morgan fingerprint density at radius 3 is 2.61 bits per heavy atom. The predicted molar refractivity (Wildman–Crippen MR) is 111 cm³/mol. The molecule has 1 aliphatic heterocycles. The Labute approximate surface area is 167 Å². The van der Waals surface area contributed by atoms with Crippen LogP contribution in [0.25, 0.3) is 0 Å². The van der Waals surface area contributed by atoms with Crippen molar-refractivity contribution >= 4 is 21.9 Å². The Bertz CT molecular complexity index is 777. The lowest BCUT2D eigenvalue weighted by Gasteiger charge is -2.18. The van der Waals surface area contributed by atoms with E-state index in [1.807, 2.05) is 25.7 Å². The molecule has 2 rings (SSSR count). The summed E-state index contributed by atoms with van der Waals surface area (Å²) in [5, 5.41) is 6.49. The lowest BCUT2D eigenvalue weighted by atomic mass is 10.2. The van der Waals surface area contributed by atoms with Crippen LogP contribution in [-0.2, 0) is 14.8 Å². The topological polar surface area (TPSA) is 103 Å². The van der Waals surface area contributed by atoms with Gasteiger partial charge in [0.1, 0.15) is 0 Å². The van der Waals surface area contributed by atoms with Crippen LogP contribution < -0.4 is 15.4 Å². The van der Waals surface area contributed by atoms with Gasteiger partial charge in [0.2, 0.25) is 15.9 Å². The van der Waals surface area contributed by atoms with E-state index in [0.717, 1.165) is 18.5 Å². The van der Waals surface area contributed by atoms with Gasteiger partial charge in [0.05, 0.1) is 11.4 Å². The average molecular weight is 410 g/mol. The summed E-state index contributed by atoms with van der Waals surface area (Å²) >= 11 is 0. The van der Waals surface area contributed by atoms with Gasteiger partial charge in [-0.2, -0.15) is 0 Å². The number of likely N-dealkylation sites (tertiary alicyclic amines) is 1. The highest BCUT2D eigenvalue weighted by Gasteiger charge is 2.25. The second kappa shape index (κ2) is 10.4. The maximum absolute atomic E-state index is 12.3. The van der Waals surface area contributed by atoms with Crippen molar-refractivity contribution in [3.8, 4) is 0 Å². The van der Waals surface area contributed by atoms with Crippen molar-refractivity contribution in [2.45, 2.75) is 44.6 Å². The van der Waals surface area contributed by atoms with Crippen LogP contribution in [0.15, 0.2) is 34.2 Å². The van der Waals surface area contributed by atoms with Crippen molar-refractivity contribution in [1.82, 2.24) is 20.3 Å². The fraction of sp³-hybridized carbons (Fsp3) is 0.579. The molecule has 1 aromatic carbocycles. The number of carbonyl (C=O) groups is 1. The third-order valence-electron chi connectivity index (χ3n) is 4.53. The van der Waals surface area contributed by atoms with Crippen LogP contribution in [0.4, 0.5) is 0 Å². The molecule has 0 radical (unpaired) electrons. The number of carbonyl (C=O) groups excluding carboxylic acids is 1. The van der Waals surface area contributed by atoms with Crippen LogP contribution in [0.3, 0.4) is 0 Å². The van der Waals surface area contributed by atoms with E-state index in [-0.39, 0.29) is 23.4 Å². The molecule has 1 aromatic rings. The lowest BCUT2D eigenvalue weighted by molar-refractivity contribution is -0.129. The van der Waals surface area contributed by atoms with Crippen LogP contribution in [0.5, 0.6) is 0 Å². The molecule has 1 fully saturated rings. The van der Waals surface area contributed by atoms with Gasteiger partial charge in [-0.25, -0.2) is 13.1 Å². The monoisotopic (exact) mass is 409 g/mol. The van der Waals surface area contributed by atoms with Crippen molar-refractivity contribution in [3.05, 3.63) is 29.8 Å². The van der Waals surface area contributed by atoms with E-state index >= 15 is 0 Å². The molecule has 28 heavy (non-hydrogen) atoms. The highest BCUT2D eigenvalue weighted by molar-refractivity contribution is 7.89. The van der Waals surface area contributed by atoms with Crippen molar-refractivity contribution in [3.63, 3.8) is 0 Å². The molecule has 1 aliphatic rings. The standard InChI is InChI=1S/C19H31N5O3S/c1-4-18(25)24-13-10-16(14-24)23-19(20-5-2)21-11-12-22-28(26,27)17-8-6-15(3)7-9-17/h6-9,16,22H,4-5,10-14H2,1-3H3,(H2,20,21,23). The van der Waals surface area contributed by atoms with E-state index in [1.54, 1.807) is 24.3 Å². The second-order valence-electron chi connectivity index (χ2n) is 6.79. The highest BCUT2D eigenvalue weighted by atomic mass is 32.2. The zero-order valence-corrected chi connectivity index (χ0v) is 17.7. The molecule has 0 aromatic heterocycles. The summed E-state index contributed by atoms with van der Waals surface area (Å²) in [6, 6.07) is 6.88. The van der Waals surface area contributed by atoms with E-state index in [2.05, 4.69) is 20.3 Å². The summed E-state index contributed by atoms with van der Waals surface area (Å²) in [5.41, 5.74) is 1.01. The molecule has 0 aliphatic carbocycles. The molecule has 0 saturated carbocycles. The number of nitrogens with zero attached hydrogens (tertiary/aromatic N) is 2. The molecule has 1 saturated heterocycles.